The number of carbonyl (C=O) groups is 1. The molecule has 25 heavy (non-hydrogen) atoms. The monoisotopic (exact) mass is 337 g/mol. The predicted molar refractivity (Wildman–Crippen MR) is 101 cm³/mol. The van der Waals surface area contributed by atoms with Crippen molar-refractivity contribution in [1.82, 2.24) is 10.3 Å². The van der Waals surface area contributed by atoms with Crippen molar-refractivity contribution >= 4 is 11.6 Å². The number of nitrogens with one attached hydrogen (secondary N) is 2. The average molecular weight is 337 g/mol. The maximum absolute atomic E-state index is 12.3. The molecule has 0 spiro atoms. The van der Waals surface area contributed by atoms with Gasteiger partial charge in [-0.2, -0.15) is 0 Å². The van der Waals surface area contributed by atoms with Crippen LogP contribution >= 0.6 is 0 Å². The third-order valence-electron chi connectivity index (χ3n) is 5.09. The third-order valence-corrected chi connectivity index (χ3v) is 5.09. The Labute approximate surface area is 150 Å². The lowest BCUT2D eigenvalue weighted by Gasteiger charge is -2.27. The summed E-state index contributed by atoms with van der Waals surface area (Å²) in [5.41, 5.74) is 3.34. The van der Waals surface area contributed by atoms with E-state index in [2.05, 4.69) is 34.7 Å². The fourth-order valence-corrected chi connectivity index (χ4v) is 3.53. The van der Waals surface area contributed by atoms with Crippen LogP contribution < -0.4 is 10.6 Å². The standard InChI is InChI=1S/C21H27N3O/c1-16(19-8-12-23-13-9-19)14-21(25)24-20-4-2-17(3-5-20)15-18-6-10-22-11-7-18/h2-7,10-11,16,19,23H,8-9,12-15H2,1H3,(H,24,25). The Balaban J connectivity index is 1.49. The highest BCUT2D eigenvalue weighted by Gasteiger charge is 2.21. The third kappa shape index (κ3) is 5.40. The Bertz CT molecular complexity index is 663. The number of carbonyl (C=O) groups excluding carboxylic acids is 1. The molecule has 0 radical (unpaired) electrons. The number of rotatable bonds is 6. The van der Waals surface area contributed by atoms with Gasteiger partial charge >= 0.3 is 0 Å². The highest BCUT2D eigenvalue weighted by Crippen LogP contribution is 2.24. The Kier molecular flexibility index (Phi) is 6.18. The van der Waals surface area contributed by atoms with Crippen molar-refractivity contribution in [3.8, 4) is 0 Å². The fraction of sp³-hybridized carbons (Fsp3) is 0.429. The Hall–Kier alpha value is -2.20. The van der Waals surface area contributed by atoms with E-state index in [1.165, 1.54) is 24.0 Å². The normalized spacial score (nSPS) is 16.4. The van der Waals surface area contributed by atoms with E-state index in [4.69, 9.17) is 0 Å². The lowest BCUT2D eigenvalue weighted by molar-refractivity contribution is -0.117. The Morgan fingerprint density at radius 1 is 1.12 bits per heavy atom. The molecule has 2 heterocycles. The fourth-order valence-electron chi connectivity index (χ4n) is 3.53. The molecule has 1 aromatic carbocycles. The molecule has 1 saturated heterocycles. The summed E-state index contributed by atoms with van der Waals surface area (Å²) in [6.45, 7) is 4.36. The van der Waals surface area contributed by atoms with Crippen LogP contribution in [0.3, 0.4) is 0 Å². The van der Waals surface area contributed by atoms with E-state index >= 15 is 0 Å². The minimum atomic E-state index is 0.118. The molecule has 3 rings (SSSR count). The lowest BCUT2D eigenvalue weighted by atomic mass is 9.84. The number of hydrogen-bond acceptors (Lipinski definition) is 3. The molecule has 0 aliphatic carbocycles. The summed E-state index contributed by atoms with van der Waals surface area (Å²) in [7, 11) is 0. The predicted octanol–water partition coefficient (Wildman–Crippen LogP) is 3.64. The molecule has 1 atom stereocenters. The molecular weight excluding hydrogens is 310 g/mol. The van der Waals surface area contributed by atoms with Crippen molar-refractivity contribution in [2.24, 2.45) is 11.8 Å². The van der Waals surface area contributed by atoms with Gasteiger partial charge in [0.15, 0.2) is 0 Å². The molecule has 1 aliphatic rings. The maximum atomic E-state index is 12.3. The molecule has 1 aliphatic heterocycles. The van der Waals surface area contributed by atoms with Crippen molar-refractivity contribution in [2.45, 2.75) is 32.6 Å². The van der Waals surface area contributed by atoms with Crippen molar-refractivity contribution in [2.75, 3.05) is 18.4 Å². The second-order valence-electron chi connectivity index (χ2n) is 7.05. The number of pyridine rings is 1. The summed E-state index contributed by atoms with van der Waals surface area (Å²) >= 11 is 0. The van der Waals surface area contributed by atoms with Gasteiger partial charge in [-0.1, -0.05) is 19.1 Å². The highest BCUT2D eigenvalue weighted by molar-refractivity contribution is 5.90. The molecule has 4 nitrogen and oxygen atoms in total. The molecule has 1 fully saturated rings. The summed E-state index contributed by atoms with van der Waals surface area (Å²) in [5.74, 6) is 1.22. The summed E-state index contributed by atoms with van der Waals surface area (Å²) < 4.78 is 0. The quantitative estimate of drug-likeness (QED) is 0.846. The zero-order valence-electron chi connectivity index (χ0n) is 14.9. The zero-order valence-corrected chi connectivity index (χ0v) is 14.9. The van der Waals surface area contributed by atoms with Crippen molar-refractivity contribution in [1.29, 1.82) is 0 Å². The summed E-state index contributed by atoms with van der Waals surface area (Å²) in [5, 5.41) is 6.42. The van der Waals surface area contributed by atoms with Crippen LogP contribution in [0.4, 0.5) is 5.69 Å². The molecule has 0 saturated carbocycles. The van der Waals surface area contributed by atoms with E-state index in [1.807, 2.05) is 36.7 Å². The first-order valence-corrected chi connectivity index (χ1v) is 9.19. The van der Waals surface area contributed by atoms with E-state index in [-0.39, 0.29) is 5.91 Å². The van der Waals surface area contributed by atoms with Crippen LogP contribution in [-0.2, 0) is 11.2 Å². The smallest absolute Gasteiger partial charge is 0.224 e. The van der Waals surface area contributed by atoms with Gasteiger partial charge in [0.2, 0.25) is 5.91 Å². The lowest BCUT2D eigenvalue weighted by Crippen LogP contribution is -2.32. The Morgan fingerprint density at radius 3 is 2.44 bits per heavy atom. The molecule has 2 N–H and O–H groups in total. The Morgan fingerprint density at radius 2 is 1.76 bits per heavy atom. The van der Waals surface area contributed by atoms with Gasteiger partial charge in [-0.15, -0.1) is 0 Å². The van der Waals surface area contributed by atoms with Crippen LogP contribution in [0.1, 0.15) is 37.3 Å². The van der Waals surface area contributed by atoms with Gasteiger partial charge in [-0.05, 0) is 79.6 Å². The molecule has 4 heteroatoms. The number of aromatic nitrogens is 1. The van der Waals surface area contributed by atoms with E-state index in [0.717, 1.165) is 25.2 Å². The average Bonchev–Trinajstić information content (AvgIpc) is 2.65. The second kappa shape index (κ2) is 8.77. The van der Waals surface area contributed by atoms with Gasteiger partial charge in [0.25, 0.3) is 0 Å². The number of anilines is 1. The molecule has 1 amide bonds. The molecule has 132 valence electrons. The van der Waals surface area contributed by atoms with E-state index < -0.39 is 0 Å². The summed E-state index contributed by atoms with van der Waals surface area (Å²) in [6.07, 6.45) is 7.46. The van der Waals surface area contributed by atoms with Gasteiger partial charge in [-0.25, -0.2) is 0 Å². The number of piperidine rings is 1. The molecule has 1 unspecified atom stereocenters. The van der Waals surface area contributed by atoms with Crippen LogP contribution in [0.15, 0.2) is 48.8 Å². The number of amides is 1. The summed E-state index contributed by atoms with van der Waals surface area (Å²) in [4.78, 5) is 16.3. The van der Waals surface area contributed by atoms with Gasteiger partial charge in [0.1, 0.15) is 0 Å². The first-order valence-electron chi connectivity index (χ1n) is 9.19. The van der Waals surface area contributed by atoms with Crippen molar-refractivity contribution in [3.05, 3.63) is 59.9 Å². The van der Waals surface area contributed by atoms with Crippen LogP contribution in [0.25, 0.3) is 0 Å². The number of benzene rings is 1. The first kappa shape index (κ1) is 17.6. The van der Waals surface area contributed by atoms with Crippen LogP contribution in [0, 0.1) is 11.8 Å². The SMILES string of the molecule is CC(CC(=O)Nc1ccc(Cc2ccncc2)cc1)C1CCNCC1. The van der Waals surface area contributed by atoms with Crippen molar-refractivity contribution in [3.63, 3.8) is 0 Å². The number of nitrogens with zero attached hydrogens (tertiary/aromatic N) is 1. The van der Waals surface area contributed by atoms with Crippen LogP contribution in [0.2, 0.25) is 0 Å². The topological polar surface area (TPSA) is 54.0 Å². The van der Waals surface area contributed by atoms with E-state index in [9.17, 15) is 4.79 Å². The van der Waals surface area contributed by atoms with Gasteiger partial charge in [0.05, 0.1) is 0 Å². The van der Waals surface area contributed by atoms with Gasteiger partial charge in [-0.3, -0.25) is 9.78 Å². The number of hydrogen-bond donors (Lipinski definition) is 2. The largest absolute Gasteiger partial charge is 0.326 e. The van der Waals surface area contributed by atoms with Gasteiger partial charge in [0, 0.05) is 24.5 Å². The second-order valence-corrected chi connectivity index (χ2v) is 7.05. The molecular formula is C21H27N3O. The minimum absolute atomic E-state index is 0.118. The minimum Gasteiger partial charge on any atom is -0.326 e. The zero-order chi connectivity index (χ0) is 17.5. The molecule has 2 aromatic rings. The van der Waals surface area contributed by atoms with Gasteiger partial charge < -0.3 is 10.6 Å². The van der Waals surface area contributed by atoms with Crippen LogP contribution in [-0.4, -0.2) is 24.0 Å². The highest BCUT2D eigenvalue weighted by atomic mass is 16.1. The van der Waals surface area contributed by atoms with Crippen molar-refractivity contribution < 1.29 is 4.79 Å². The molecule has 0 bridgehead atoms. The van der Waals surface area contributed by atoms with Crippen LogP contribution in [0.5, 0.6) is 0 Å². The maximum Gasteiger partial charge on any atom is 0.224 e. The first-order chi connectivity index (χ1) is 12.2. The van der Waals surface area contributed by atoms with E-state index in [0.29, 0.717) is 18.3 Å². The summed E-state index contributed by atoms with van der Waals surface area (Å²) in [6, 6.07) is 12.2. The molecule has 1 aromatic heterocycles. The van der Waals surface area contributed by atoms with E-state index in [1.54, 1.807) is 0 Å².